The van der Waals surface area contributed by atoms with Crippen LogP contribution in [0.3, 0.4) is 0 Å². The summed E-state index contributed by atoms with van der Waals surface area (Å²) < 4.78 is 25.3. The number of benzene rings is 1. The predicted octanol–water partition coefficient (Wildman–Crippen LogP) is 2.32. The monoisotopic (exact) mass is 204 g/mol. The van der Waals surface area contributed by atoms with E-state index in [9.17, 15) is 13.6 Å². The van der Waals surface area contributed by atoms with Gasteiger partial charge in [-0.3, -0.25) is 4.79 Å². The summed E-state index contributed by atoms with van der Waals surface area (Å²) in [5.74, 6) is -1.80. The molecule has 0 aliphatic heterocycles. The first kappa shape index (κ1) is 10.1. The maximum Gasteiger partial charge on any atom is 0.152 e. The van der Waals surface area contributed by atoms with Crippen LogP contribution in [0.1, 0.15) is 5.56 Å². The summed E-state index contributed by atoms with van der Waals surface area (Å²) in [6.45, 7) is 0. The Labute approximate surface area is 79.3 Å². The van der Waals surface area contributed by atoms with Gasteiger partial charge in [0, 0.05) is 12.5 Å². The van der Waals surface area contributed by atoms with Crippen LogP contribution in [0.5, 0.6) is 0 Å². The van der Waals surface area contributed by atoms with Gasteiger partial charge < -0.3 is 0 Å². The van der Waals surface area contributed by atoms with Gasteiger partial charge in [0.2, 0.25) is 0 Å². The fourth-order valence-electron chi connectivity index (χ4n) is 0.925. The minimum absolute atomic E-state index is 0.0877. The Balaban J connectivity index is 2.83. The number of hydrogen-bond donors (Lipinski definition) is 0. The van der Waals surface area contributed by atoms with E-state index in [0.29, 0.717) is 0 Å². The fraction of sp³-hybridized carbons (Fsp3) is 0.222. The zero-order valence-corrected chi connectivity index (χ0v) is 7.44. The predicted molar refractivity (Wildman–Crippen MR) is 45.8 cm³/mol. The quantitative estimate of drug-likeness (QED) is 0.691. The van der Waals surface area contributed by atoms with E-state index in [0.717, 1.165) is 12.1 Å². The molecule has 0 saturated carbocycles. The molecule has 0 aromatic heterocycles. The van der Waals surface area contributed by atoms with Crippen molar-refractivity contribution in [2.24, 2.45) is 0 Å². The van der Waals surface area contributed by atoms with Gasteiger partial charge in [-0.25, -0.2) is 8.78 Å². The van der Waals surface area contributed by atoms with Crippen LogP contribution in [-0.4, -0.2) is 11.7 Å². The molecular formula is C9H7ClF2O. The minimum atomic E-state index is -0.710. The van der Waals surface area contributed by atoms with E-state index < -0.39 is 11.6 Å². The van der Waals surface area contributed by atoms with E-state index in [4.69, 9.17) is 11.6 Å². The second kappa shape index (κ2) is 4.33. The minimum Gasteiger partial charge on any atom is -0.298 e. The molecule has 0 heterocycles. The van der Waals surface area contributed by atoms with Crippen LogP contribution in [0.25, 0.3) is 0 Å². The van der Waals surface area contributed by atoms with E-state index in [1.54, 1.807) is 0 Å². The molecule has 0 unspecified atom stereocenters. The van der Waals surface area contributed by atoms with Gasteiger partial charge in [-0.15, -0.1) is 11.6 Å². The lowest BCUT2D eigenvalue weighted by Crippen LogP contribution is -2.05. The Morgan fingerprint density at radius 2 is 2.08 bits per heavy atom. The van der Waals surface area contributed by atoms with Crippen LogP contribution in [0.2, 0.25) is 0 Å². The van der Waals surface area contributed by atoms with E-state index in [2.05, 4.69) is 0 Å². The maximum absolute atomic E-state index is 12.9. The molecule has 1 rings (SSSR count). The molecule has 70 valence electrons. The zero-order valence-electron chi connectivity index (χ0n) is 6.69. The highest BCUT2D eigenvalue weighted by molar-refractivity contribution is 6.27. The van der Waals surface area contributed by atoms with Gasteiger partial charge in [-0.2, -0.15) is 0 Å². The van der Waals surface area contributed by atoms with Crippen molar-refractivity contribution in [3.63, 3.8) is 0 Å². The van der Waals surface area contributed by atoms with E-state index in [-0.39, 0.29) is 23.6 Å². The zero-order chi connectivity index (χ0) is 9.84. The average molecular weight is 205 g/mol. The van der Waals surface area contributed by atoms with Gasteiger partial charge in [-0.1, -0.05) is 6.07 Å². The molecular weight excluding hydrogens is 198 g/mol. The highest BCUT2D eigenvalue weighted by Crippen LogP contribution is 2.10. The van der Waals surface area contributed by atoms with Gasteiger partial charge in [0.25, 0.3) is 0 Å². The lowest BCUT2D eigenvalue weighted by atomic mass is 10.1. The molecule has 0 aliphatic rings. The molecule has 0 aliphatic carbocycles. The summed E-state index contributed by atoms with van der Waals surface area (Å²) in [6, 6.07) is 3.10. The number of halogens is 3. The number of alkyl halides is 1. The Morgan fingerprint density at radius 1 is 1.38 bits per heavy atom. The fourth-order valence-corrected chi connectivity index (χ4v) is 1.02. The molecule has 0 fully saturated rings. The molecule has 0 bridgehead atoms. The number of hydrogen-bond acceptors (Lipinski definition) is 1. The molecule has 4 heteroatoms. The molecule has 13 heavy (non-hydrogen) atoms. The molecule has 1 aromatic rings. The molecule has 0 amide bonds. The number of rotatable bonds is 3. The van der Waals surface area contributed by atoms with E-state index in [1.165, 1.54) is 6.07 Å². The summed E-state index contributed by atoms with van der Waals surface area (Å²) in [5, 5.41) is 0. The van der Waals surface area contributed by atoms with Crippen LogP contribution in [0.4, 0.5) is 8.78 Å². The first-order chi connectivity index (χ1) is 6.13. The van der Waals surface area contributed by atoms with Crippen molar-refractivity contribution in [2.75, 3.05) is 5.88 Å². The molecule has 0 N–H and O–H groups in total. The lowest BCUT2D eigenvalue weighted by Gasteiger charge is -2.00. The van der Waals surface area contributed by atoms with Gasteiger partial charge in [0.1, 0.15) is 11.6 Å². The van der Waals surface area contributed by atoms with Gasteiger partial charge >= 0.3 is 0 Å². The van der Waals surface area contributed by atoms with Crippen LogP contribution in [0.15, 0.2) is 18.2 Å². The van der Waals surface area contributed by atoms with Crippen molar-refractivity contribution < 1.29 is 13.6 Å². The summed E-state index contributed by atoms with van der Waals surface area (Å²) in [5.41, 5.74) is 0.173. The molecule has 1 nitrogen and oxygen atoms in total. The third-order valence-corrected chi connectivity index (χ3v) is 1.85. The summed E-state index contributed by atoms with van der Waals surface area (Å²) in [6.07, 6.45) is -0.0877. The van der Waals surface area contributed by atoms with Crippen molar-refractivity contribution in [3.8, 4) is 0 Å². The van der Waals surface area contributed by atoms with Crippen molar-refractivity contribution in [1.82, 2.24) is 0 Å². The Kier molecular flexibility index (Phi) is 3.37. The second-order valence-electron chi connectivity index (χ2n) is 2.58. The molecule has 0 radical (unpaired) electrons. The molecule has 0 spiro atoms. The van der Waals surface area contributed by atoms with Crippen LogP contribution < -0.4 is 0 Å². The Hall–Kier alpha value is -0.960. The van der Waals surface area contributed by atoms with Crippen molar-refractivity contribution in [1.29, 1.82) is 0 Å². The van der Waals surface area contributed by atoms with Crippen molar-refractivity contribution >= 4 is 17.4 Å². The van der Waals surface area contributed by atoms with E-state index in [1.807, 2.05) is 0 Å². The topological polar surface area (TPSA) is 17.1 Å². The molecule has 1 aromatic carbocycles. The summed E-state index contributed by atoms with van der Waals surface area (Å²) in [7, 11) is 0. The normalized spacial score (nSPS) is 10.1. The van der Waals surface area contributed by atoms with Gasteiger partial charge in [0.15, 0.2) is 5.78 Å². The first-order valence-electron chi connectivity index (χ1n) is 3.65. The first-order valence-corrected chi connectivity index (χ1v) is 4.18. The van der Waals surface area contributed by atoms with E-state index >= 15 is 0 Å². The summed E-state index contributed by atoms with van der Waals surface area (Å²) in [4.78, 5) is 10.8. The van der Waals surface area contributed by atoms with Crippen LogP contribution in [0, 0.1) is 11.6 Å². The maximum atomic E-state index is 12.9. The number of ketones is 1. The number of carbonyl (C=O) groups is 1. The van der Waals surface area contributed by atoms with Crippen LogP contribution >= 0.6 is 11.6 Å². The van der Waals surface area contributed by atoms with Gasteiger partial charge in [-0.05, 0) is 11.6 Å². The highest BCUT2D eigenvalue weighted by atomic mass is 35.5. The second-order valence-corrected chi connectivity index (χ2v) is 2.85. The highest BCUT2D eigenvalue weighted by Gasteiger charge is 2.07. The molecule has 0 atom stereocenters. The number of Topliss-reactive ketones (excluding diaryl/α,β-unsaturated/α-hetero) is 1. The third-order valence-electron chi connectivity index (χ3n) is 1.55. The van der Waals surface area contributed by atoms with Crippen molar-refractivity contribution in [3.05, 3.63) is 35.4 Å². The van der Waals surface area contributed by atoms with Crippen LogP contribution in [-0.2, 0) is 11.2 Å². The Bertz CT molecular complexity index is 325. The van der Waals surface area contributed by atoms with Crippen molar-refractivity contribution in [2.45, 2.75) is 6.42 Å². The largest absolute Gasteiger partial charge is 0.298 e. The third kappa shape index (κ3) is 2.77. The summed E-state index contributed by atoms with van der Waals surface area (Å²) >= 11 is 5.24. The number of carbonyl (C=O) groups excluding carboxylic acids is 1. The van der Waals surface area contributed by atoms with Gasteiger partial charge in [0.05, 0.1) is 5.88 Å². The lowest BCUT2D eigenvalue weighted by molar-refractivity contribution is -0.116. The Morgan fingerprint density at radius 3 is 2.62 bits per heavy atom. The SMILES string of the molecule is O=C(CCl)Cc1ccc(F)cc1F. The average Bonchev–Trinajstić information content (AvgIpc) is 2.09. The standard InChI is InChI=1S/C9H7ClF2O/c10-5-8(13)3-6-1-2-7(11)4-9(6)12/h1-2,4H,3,5H2. The molecule has 0 saturated heterocycles. The smallest absolute Gasteiger partial charge is 0.152 e.